The number of hydrogen-bond acceptors (Lipinski definition) is 2. The maximum Gasteiger partial charge on any atom is 2.00 e. The van der Waals surface area contributed by atoms with E-state index in [-0.39, 0.29) is 51.2 Å². The van der Waals surface area contributed by atoms with Gasteiger partial charge >= 0.3 is 56.7 Å². The van der Waals surface area contributed by atoms with Gasteiger partial charge in [-0.25, -0.2) is 35.9 Å². The topological polar surface area (TPSA) is 119 Å². The zero-order chi connectivity index (χ0) is 19.5. The van der Waals surface area contributed by atoms with Crippen LogP contribution < -0.4 is 0 Å². The zero-order valence-corrected chi connectivity index (χ0v) is 17.6. The number of nitrogens with zero attached hydrogens (tertiary/aromatic N) is 2. The Labute approximate surface area is 191 Å². The molecule has 0 atom stereocenters. The van der Waals surface area contributed by atoms with Crippen molar-refractivity contribution >= 4 is 0 Å². The van der Waals surface area contributed by atoms with Crippen LogP contribution in [0.4, 0.5) is 0 Å². The quantitative estimate of drug-likeness (QED) is 0.247. The molecule has 0 unspecified atom stereocenters. The molecular formula is C18H17Fe2MnN2O4-. The molecule has 0 aliphatic carbocycles. The summed E-state index contributed by atoms with van der Waals surface area (Å²) < 4.78 is 15.0. The average molecular weight is 492 g/mol. The fraction of sp³-hybridized carbons (Fsp3) is 0.0556. The Hall–Kier alpha value is -1.71. The van der Waals surface area contributed by atoms with E-state index in [0.29, 0.717) is 0 Å². The third-order valence-corrected chi connectivity index (χ3v) is 1.94. The van der Waals surface area contributed by atoms with Crippen LogP contribution >= 0.6 is 0 Å². The van der Waals surface area contributed by atoms with Crippen molar-refractivity contribution in [3.05, 3.63) is 125 Å². The van der Waals surface area contributed by atoms with E-state index in [0.717, 1.165) is 0 Å². The smallest absolute Gasteiger partial charge is 0.577 e. The normalized spacial score (nSPS) is 5.37. The van der Waals surface area contributed by atoms with Gasteiger partial charge in [0.2, 0.25) is 0 Å². The van der Waals surface area contributed by atoms with Crippen LogP contribution in [0.25, 0.3) is 11.2 Å². The van der Waals surface area contributed by atoms with Gasteiger partial charge in [-0.15, -0.1) is 0 Å². The van der Waals surface area contributed by atoms with Crippen LogP contribution in [-0.4, -0.2) is 0 Å². The first-order valence-corrected chi connectivity index (χ1v) is 6.18. The van der Waals surface area contributed by atoms with Crippen molar-refractivity contribution < 1.29 is 60.5 Å². The van der Waals surface area contributed by atoms with E-state index < -0.39 is 0 Å². The molecule has 0 saturated heterocycles. The molecule has 0 heterocycles. The van der Waals surface area contributed by atoms with Crippen molar-refractivity contribution in [3.63, 3.8) is 0 Å². The van der Waals surface area contributed by atoms with E-state index in [9.17, 15) is 0 Å². The van der Waals surface area contributed by atoms with Gasteiger partial charge in [-0.1, -0.05) is 6.92 Å². The average Bonchev–Trinajstić information content (AvgIpc) is 3.47. The van der Waals surface area contributed by atoms with Gasteiger partial charge in [0, 0.05) is 17.1 Å². The van der Waals surface area contributed by atoms with Gasteiger partial charge in [-0.3, -0.25) is 0 Å². The molecular weight excluding hydrogens is 475 g/mol. The van der Waals surface area contributed by atoms with E-state index >= 15 is 0 Å². The summed E-state index contributed by atoms with van der Waals surface area (Å²) in [5, 5.41) is 0. The van der Waals surface area contributed by atoms with Crippen molar-refractivity contribution in [1.29, 1.82) is 0 Å². The van der Waals surface area contributed by atoms with Gasteiger partial charge in [-0.05, 0) is 0 Å². The molecule has 147 valence electrons. The van der Waals surface area contributed by atoms with Gasteiger partial charge < -0.3 is 21.0 Å². The Kier molecular flexibility index (Phi) is 93.1. The summed E-state index contributed by atoms with van der Waals surface area (Å²) in [6, 6.07) is 28.2. The maximum atomic E-state index is 7.50. The minimum atomic E-state index is 0. The standard InChI is InChI=1S/C6H7.2C5H5.2CO.2Fe.Mn.2NO/c1-6-4-2-3-5-6;2*1-2-4-5-3-1;2*1-2;;;;2*1-2/h2-5H,1H3;2*1-5H;;;;;;;/q3*-1;;;;2*+2;2*-1. The fourth-order valence-corrected chi connectivity index (χ4v) is 1.11. The predicted molar refractivity (Wildman–Crippen MR) is 92.2 cm³/mol. The molecule has 0 aromatic heterocycles. The van der Waals surface area contributed by atoms with Crippen molar-refractivity contribution in [1.82, 2.24) is 0 Å². The summed E-state index contributed by atoms with van der Waals surface area (Å²) in [5.74, 6) is 0. The molecule has 0 saturated carbocycles. The monoisotopic (exact) mass is 492 g/mol. The summed E-state index contributed by atoms with van der Waals surface area (Å²) in [5.41, 5.74) is 12.8. The number of rotatable bonds is 0. The molecule has 0 N–H and O–H groups in total. The molecule has 0 aliphatic heterocycles. The van der Waals surface area contributed by atoms with Gasteiger partial charge in [0.25, 0.3) is 0 Å². The Morgan fingerprint density at radius 3 is 1.11 bits per heavy atom. The molecule has 27 heavy (non-hydrogen) atoms. The van der Waals surface area contributed by atoms with Gasteiger partial charge in [0.1, 0.15) is 0 Å². The zero-order valence-electron chi connectivity index (χ0n) is 14.2. The van der Waals surface area contributed by atoms with Crippen LogP contribution in [0.2, 0.25) is 0 Å². The molecule has 0 spiro atoms. The summed E-state index contributed by atoms with van der Waals surface area (Å²) in [4.78, 5) is 14.5. The molecule has 3 rings (SSSR count). The van der Waals surface area contributed by atoms with E-state index in [4.69, 9.17) is 30.3 Å². The number of aryl methyl sites for hydroxylation is 1. The Morgan fingerprint density at radius 2 is 1.04 bits per heavy atom. The van der Waals surface area contributed by atoms with Crippen molar-refractivity contribution in [3.8, 4) is 0 Å². The second kappa shape index (κ2) is 56.4. The third kappa shape index (κ3) is 51.6. The Balaban J connectivity index is -0.0000000360. The first-order chi connectivity index (χ1) is 11.9. The molecule has 0 fully saturated rings. The molecule has 3 aromatic rings. The fourth-order valence-electron chi connectivity index (χ4n) is 1.11. The predicted octanol–water partition coefficient (Wildman–Crippen LogP) is 5.09. The minimum Gasteiger partial charge on any atom is -0.577 e. The number of nitroso groups, excluding NO2 is 2. The van der Waals surface area contributed by atoms with Crippen LogP contribution in [0.1, 0.15) is 5.56 Å². The second-order valence-electron chi connectivity index (χ2n) is 3.39. The molecule has 6 nitrogen and oxygen atoms in total. The SMILES string of the molecule is Cc1cc[cH-]c1.[C-]#[O+].[C-]#[O+].[Fe+2].[Fe].[Mn+2].[N-]=O.[N-]=O.c1cc[cH-]c1.c1cc[cH-]c1. The minimum absolute atomic E-state index is 0. The van der Waals surface area contributed by atoms with Crippen molar-refractivity contribution in [2.75, 3.05) is 0 Å². The molecule has 0 bridgehead atoms. The number of hydrogen-bond donors (Lipinski definition) is 0. The second-order valence-corrected chi connectivity index (χ2v) is 3.39. The summed E-state index contributed by atoms with van der Waals surface area (Å²) >= 11 is 0. The van der Waals surface area contributed by atoms with E-state index in [1.165, 1.54) is 5.56 Å². The first kappa shape index (κ1) is 44.6. The van der Waals surface area contributed by atoms with Crippen molar-refractivity contribution in [2.45, 2.75) is 6.92 Å². The van der Waals surface area contributed by atoms with Crippen LogP contribution in [0.5, 0.6) is 0 Å². The van der Waals surface area contributed by atoms with Crippen molar-refractivity contribution in [2.24, 2.45) is 0 Å². The summed E-state index contributed by atoms with van der Waals surface area (Å²) in [7, 11) is 0. The van der Waals surface area contributed by atoms with E-state index in [1.54, 1.807) is 0 Å². The molecule has 9 heteroatoms. The Bertz CT molecular complexity index is 460. The van der Waals surface area contributed by atoms with E-state index in [1.807, 2.05) is 72.8 Å². The molecule has 1 radical (unpaired) electrons. The summed E-state index contributed by atoms with van der Waals surface area (Å²) in [6.45, 7) is 11.1. The van der Waals surface area contributed by atoms with Gasteiger partial charge in [-0.2, -0.15) is 54.6 Å². The maximum absolute atomic E-state index is 7.50. The molecule has 0 aliphatic rings. The van der Waals surface area contributed by atoms with Crippen LogP contribution in [-0.2, 0) is 60.5 Å². The third-order valence-electron chi connectivity index (χ3n) is 1.94. The molecule has 3 aromatic carbocycles. The largest absolute Gasteiger partial charge is 2.00 e. The summed E-state index contributed by atoms with van der Waals surface area (Å²) in [6.07, 6.45) is 0. The molecule has 0 amide bonds. The van der Waals surface area contributed by atoms with Gasteiger partial charge in [0.05, 0.1) is 0 Å². The van der Waals surface area contributed by atoms with E-state index in [2.05, 4.69) is 32.4 Å². The van der Waals surface area contributed by atoms with Crippen LogP contribution in [0, 0.1) is 30.0 Å². The van der Waals surface area contributed by atoms with Gasteiger partial charge in [0.15, 0.2) is 0 Å². The first-order valence-electron chi connectivity index (χ1n) is 6.18. The van der Waals surface area contributed by atoms with Crippen LogP contribution in [0.15, 0.2) is 84.9 Å². The van der Waals surface area contributed by atoms with Crippen LogP contribution in [0.3, 0.4) is 0 Å². The Morgan fingerprint density at radius 1 is 0.741 bits per heavy atom.